The van der Waals surface area contributed by atoms with Crippen LogP contribution in [0.15, 0.2) is 45.7 Å². The Morgan fingerprint density at radius 2 is 1.94 bits per heavy atom. The molecule has 0 saturated carbocycles. The number of thiophene rings is 1. The summed E-state index contributed by atoms with van der Waals surface area (Å²) in [5.41, 5.74) is 1.90. The van der Waals surface area contributed by atoms with Crippen LogP contribution in [0, 0.1) is 0 Å². The third-order valence-electron chi connectivity index (χ3n) is 6.22. The molecular formula is C25H32N4O2S2. The molecule has 0 atom stereocenters. The minimum Gasteiger partial charge on any atom is -0.337 e. The van der Waals surface area contributed by atoms with E-state index in [1.165, 1.54) is 22.2 Å². The van der Waals surface area contributed by atoms with Gasteiger partial charge in [-0.05, 0) is 63.3 Å². The molecule has 0 N–H and O–H groups in total. The molecule has 3 heterocycles. The number of hydrogen-bond acceptors (Lipinski definition) is 6. The number of benzene rings is 1. The van der Waals surface area contributed by atoms with E-state index < -0.39 is 0 Å². The average Bonchev–Trinajstić information content (AvgIpc) is 3.26. The first-order valence-corrected chi connectivity index (χ1v) is 13.4. The minimum atomic E-state index is -0.0381. The molecule has 0 radical (unpaired) electrons. The first-order chi connectivity index (χ1) is 15.8. The van der Waals surface area contributed by atoms with Gasteiger partial charge in [-0.1, -0.05) is 23.9 Å². The molecule has 1 aliphatic rings. The number of nitrogens with zero attached hydrogens (tertiary/aromatic N) is 4. The largest absolute Gasteiger partial charge is 0.337 e. The molecule has 1 amide bonds. The van der Waals surface area contributed by atoms with Crippen molar-refractivity contribution in [1.29, 1.82) is 0 Å². The highest BCUT2D eigenvalue weighted by Crippen LogP contribution is 2.25. The highest BCUT2D eigenvalue weighted by atomic mass is 32.2. The van der Waals surface area contributed by atoms with Crippen molar-refractivity contribution in [2.24, 2.45) is 0 Å². The maximum atomic E-state index is 13.4. The van der Waals surface area contributed by atoms with E-state index in [9.17, 15) is 9.59 Å². The zero-order valence-electron chi connectivity index (χ0n) is 19.8. The molecule has 0 bridgehead atoms. The maximum absolute atomic E-state index is 13.4. The normalized spacial score (nSPS) is 14.0. The van der Waals surface area contributed by atoms with Crippen LogP contribution < -0.4 is 5.56 Å². The van der Waals surface area contributed by atoms with Gasteiger partial charge in [-0.15, -0.1) is 11.3 Å². The fraction of sp³-hybridized carbons (Fsp3) is 0.480. The van der Waals surface area contributed by atoms with E-state index in [-0.39, 0.29) is 17.2 Å². The van der Waals surface area contributed by atoms with Gasteiger partial charge in [-0.25, -0.2) is 4.98 Å². The molecular weight excluding hydrogens is 452 g/mol. The van der Waals surface area contributed by atoms with Gasteiger partial charge < -0.3 is 4.90 Å². The lowest BCUT2D eigenvalue weighted by Gasteiger charge is -2.31. The Kier molecular flexibility index (Phi) is 7.56. The zero-order valence-corrected chi connectivity index (χ0v) is 21.4. The molecule has 0 unspecified atom stereocenters. The molecule has 8 heteroatoms. The lowest BCUT2D eigenvalue weighted by atomic mass is 10.1. The second-order valence-corrected chi connectivity index (χ2v) is 11.0. The zero-order chi connectivity index (χ0) is 23.5. The summed E-state index contributed by atoms with van der Waals surface area (Å²) in [5, 5.41) is 3.34. The molecule has 0 spiro atoms. The Morgan fingerprint density at radius 3 is 2.70 bits per heavy atom. The van der Waals surface area contributed by atoms with Crippen LogP contribution in [0.2, 0.25) is 0 Å². The molecule has 0 aliphatic carbocycles. The van der Waals surface area contributed by atoms with Crippen LogP contribution in [0.4, 0.5) is 0 Å². The molecule has 0 saturated heterocycles. The van der Waals surface area contributed by atoms with E-state index >= 15 is 0 Å². The lowest BCUT2D eigenvalue weighted by molar-refractivity contribution is -0.129. The van der Waals surface area contributed by atoms with Crippen molar-refractivity contribution in [1.82, 2.24) is 19.4 Å². The molecule has 33 heavy (non-hydrogen) atoms. The van der Waals surface area contributed by atoms with Gasteiger partial charge in [0.25, 0.3) is 5.56 Å². The number of carbonyl (C=O) groups excluding carboxylic acids is 1. The molecule has 1 aromatic carbocycles. The predicted molar refractivity (Wildman–Crippen MR) is 137 cm³/mol. The molecule has 176 valence electrons. The molecule has 0 fully saturated rings. The van der Waals surface area contributed by atoms with E-state index in [1.54, 1.807) is 15.9 Å². The number of hydrogen-bond donors (Lipinski definition) is 0. The van der Waals surface area contributed by atoms with Crippen molar-refractivity contribution < 1.29 is 4.79 Å². The lowest BCUT2D eigenvalue weighted by Crippen LogP contribution is -2.40. The fourth-order valence-electron chi connectivity index (χ4n) is 4.46. The topological polar surface area (TPSA) is 58.4 Å². The summed E-state index contributed by atoms with van der Waals surface area (Å²) >= 11 is 3.14. The maximum Gasteiger partial charge on any atom is 0.262 e. The van der Waals surface area contributed by atoms with Crippen LogP contribution in [-0.2, 0) is 24.3 Å². The van der Waals surface area contributed by atoms with Crippen molar-refractivity contribution in [3.63, 3.8) is 0 Å². The Hall–Kier alpha value is -2.16. The highest BCUT2D eigenvalue weighted by molar-refractivity contribution is 7.99. The monoisotopic (exact) mass is 484 g/mol. The van der Waals surface area contributed by atoms with Crippen LogP contribution in [-0.4, -0.2) is 56.2 Å². The smallest absolute Gasteiger partial charge is 0.262 e. The second kappa shape index (κ2) is 10.4. The molecule has 3 aromatic rings. The summed E-state index contributed by atoms with van der Waals surface area (Å²) in [4.78, 5) is 36.8. The number of rotatable bonds is 8. The Morgan fingerprint density at radius 1 is 1.18 bits per heavy atom. The van der Waals surface area contributed by atoms with Crippen LogP contribution in [0.1, 0.15) is 38.1 Å². The van der Waals surface area contributed by atoms with Crippen molar-refractivity contribution in [2.75, 3.05) is 18.8 Å². The van der Waals surface area contributed by atoms with Crippen molar-refractivity contribution >= 4 is 39.9 Å². The number of carbonyl (C=O) groups is 1. The average molecular weight is 485 g/mol. The summed E-state index contributed by atoms with van der Waals surface area (Å²) in [7, 11) is 0. The van der Waals surface area contributed by atoms with Gasteiger partial charge in [-0.3, -0.25) is 19.1 Å². The van der Waals surface area contributed by atoms with Crippen LogP contribution in [0.25, 0.3) is 10.9 Å². The summed E-state index contributed by atoms with van der Waals surface area (Å²) in [6, 6.07) is 10.3. The summed E-state index contributed by atoms with van der Waals surface area (Å²) in [6.07, 6.45) is 0.919. The fourth-order valence-corrected chi connectivity index (χ4v) is 6.28. The number of fused-ring (bicyclic) bond motifs is 2. The van der Waals surface area contributed by atoms with Crippen molar-refractivity contribution in [3.8, 4) is 0 Å². The first-order valence-electron chi connectivity index (χ1n) is 11.6. The van der Waals surface area contributed by atoms with E-state index in [4.69, 9.17) is 4.98 Å². The SMILES string of the molecule is CC(C)N(CCn1c(SCC(=O)N2CCc3sccc3C2)nc2ccccc2c1=O)C(C)C. The van der Waals surface area contributed by atoms with Crippen LogP contribution in [0.5, 0.6) is 0 Å². The number of para-hydroxylation sites is 1. The standard InChI is InChI=1S/C25H32N4O2S2/c1-17(2)28(18(3)4)12-13-29-24(31)20-7-5-6-8-21(20)26-25(29)33-16-23(30)27-11-9-22-19(15-27)10-14-32-22/h5-8,10,14,17-18H,9,11-13,15-16H2,1-4H3. The summed E-state index contributed by atoms with van der Waals surface area (Å²) < 4.78 is 1.76. The highest BCUT2D eigenvalue weighted by Gasteiger charge is 2.23. The van der Waals surface area contributed by atoms with Gasteiger partial charge in [0.1, 0.15) is 0 Å². The molecule has 2 aromatic heterocycles. The van der Waals surface area contributed by atoms with Crippen molar-refractivity contribution in [3.05, 3.63) is 56.5 Å². The van der Waals surface area contributed by atoms with Gasteiger partial charge in [0.05, 0.1) is 16.7 Å². The number of thioether (sulfide) groups is 1. The molecule has 1 aliphatic heterocycles. The van der Waals surface area contributed by atoms with E-state index in [1.807, 2.05) is 29.2 Å². The van der Waals surface area contributed by atoms with Gasteiger partial charge >= 0.3 is 0 Å². The molecule has 6 nitrogen and oxygen atoms in total. The van der Waals surface area contributed by atoms with Crippen molar-refractivity contribution in [2.45, 2.75) is 64.4 Å². The summed E-state index contributed by atoms with van der Waals surface area (Å²) in [5.74, 6) is 0.374. The quantitative estimate of drug-likeness (QED) is 0.353. The minimum absolute atomic E-state index is 0.0381. The summed E-state index contributed by atoms with van der Waals surface area (Å²) in [6.45, 7) is 11.4. The third-order valence-corrected chi connectivity index (χ3v) is 8.20. The molecule has 4 rings (SSSR count). The van der Waals surface area contributed by atoms with Gasteiger partial charge in [0, 0.05) is 43.1 Å². The van der Waals surface area contributed by atoms with E-state index in [2.05, 4.69) is 44.0 Å². The second-order valence-electron chi connectivity index (χ2n) is 9.02. The number of amides is 1. The van der Waals surface area contributed by atoms with Gasteiger partial charge in [-0.2, -0.15) is 0 Å². The third kappa shape index (κ3) is 5.34. The van der Waals surface area contributed by atoms with Gasteiger partial charge in [0.15, 0.2) is 5.16 Å². The Balaban J connectivity index is 1.55. The van der Waals surface area contributed by atoms with E-state index in [0.717, 1.165) is 19.5 Å². The van der Waals surface area contributed by atoms with Gasteiger partial charge in [0.2, 0.25) is 5.91 Å². The number of aromatic nitrogens is 2. The first kappa shape index (κ1) is 24.0. The van der Waals surface area contributed by atoms with E-state index in [0.29, 0.717) is 41.2 Å². The Labute approximate surface area is 203 Å². The Bertz CT molecular complexity index is 1180. The predicted octanol–water partition coefficient (Wildman–Crippen LogP) is 4.25. The van der Waals surface area contributed by atoms with Crippen LogP contribution >= 0.6 is 23.1 Å². The van der Waals surface area contributed by atoms with Crippen LogP contribution in [0.3, 0.4) is 0 Å².